The maximum absolute atomic E-state index is 14.9. The van der Waals surface area contributed by atoms with E-state index in [1.54, 1.807) is 11.5 Å². The number of amides is 1. The van der Waals surface area contributed by atoms with Crippen LogP contribution in [-0.4, -0.2) is 26.4 Å². The molecule has 0 bridgehead atoms. The number of cyclic esters (lactones) is 1. The van der Waals surface area contributed by atoms with E-state index >= 15 is 0 Å². The molecule has 3 aromatic rings. The van der Waals surface area contributed by atoms with Crippen LogP contribution in [0.5, 0.6) is 0 Å². The first-order valence-corrected chi connectivity index (χ1v) is 15.3. The molecule has 1 aromatic carbocycles. The van der Waals surface area contributed by atoms with Gasteiger partial charge in [-0.25, -0.2) is 0 Å². The summed E-state index contributed by atoms with van der Waals surface area (Å²) < 4.78 is 28.1. The normalized spacial score (nSPS) is 21.4. The van der Waals surface area contributed by atoms with E-state index in [0.29, 0.717) is 52.9 Å². The second-order valence-electron chi connectivity index (χ2n) is 9.80. The van der Waals surface area contributed by atoms with Crippen molar-refractivity contribution in [3.05, 3.63) is 61.7 Å². The van der Waals surface area contributed by atoms with Crippen LogP contribution < -0.4 is 32.5 Å². The molecule has 2 aliphatic heterocycles. The molecular weight excluding hydrogens is 592 g/mol. The fourth-order valence-corrected chi connectivity index (χ4v) is 7.67. The van der Waals surface area contributed by atoms with E-state index in [1.807, 2.05) is 17.9 Å². The van der Waals surface area contributed by atoms with Crippen LogP contribution in [0.2, 0.25) is 0 Å². The molecule has 0 unspecified atom stereocenters. The van der Waals surface area contributed by atoms with Crippen LogP contribution in [0.3, 0.4) is 0 Å². The Morgan fingerprint density at radius 1 is 1.32 bits per heavy atom. The molecule has 0 radical (unpaired) electrons. The van der Waals surface area contributed by atoms with Crippen molar-refractivity contribution < 1.29 is 43.4 Å². The van der Waals surface area contributed by atoms with E-state index in [2.05, 4.69) is 5.32 Å². The number of rotatable bonds is 4. The summed E-state index contributed by atoms with van der Waals surface area (Å²) in [6, 6.07) is 2.99. The fraction of sp³-hybridized carbons (Fsp3) is 0.407. The van der Waals surface area contributed by atoms with Gasteiger partial charge in [0.1, 0.15) is 0 Å². The van der Waals surface area contributed by atoms with Gasteiger partial charge in [0, 0.05) is 0 Å². The minimum atomic E-state index is -1.33. The molecule has 0 saturated heterocycles. The molecule has 0 spiro atoms. The molecular formula is C27H26FIN3O5-. The van der Waals surface area contributed by atoms with Crippen molar-refractivity contribution in [3.63, 3.8) is 0 Å². The summed E-state index contributed by atoms with van der Waals surface area (Å²) in [5.74, 6) is -0.966. The van der Waals surface area contributed by atoms with Crippen molar-refractivity contribution in [2.24, 2.45) is 0 Å². The molecule has 2 aromatic heterocycles. The zero-order valence-corrected chi connectivity index (χ0v) is 23.1. The van der Waals surface area contributed by atoms with Crippen LogP contribution in [0.25, 0.3) is 22.3 Å². The summed E-state index contributed by atoms with van der Waals surface area (Å²) in [4.78, 5) is 45.6. The molecule has 0 saturated carbocycles. The third-order valence-electron chi connectivity index (χ3n) is 7.93. The van der Waals surface area contributed by atoms with Gasteiger partial charge in [-0.1, -0.05) is 0 Å². The zero-order valence-electron chi connectivity index (χ0n) is 21.0. The number of pyridine rings is 2. The van der Waals surface area contributed by atoms with Gasteiger partial charge in [0.2, 0.25) is 0 Å². The van der Waals surface area contributed by atoms with Crippen LogP contribution >= 0.6 is 0 Å². The van der Waals surface area contributed by atoms with Gasteiger partial charge in [0.25, 0.3) is 0 Å². The number of esters is 1. The average Bonchev–Trinajstić information content (AvgIpc) is 3.23. The number of carbonyl (C=O) groups excluding carboxylic acids is 2. The van der Waals surface area contributed by atoms with Gasteiger partial charge in [-0.3, -0.25) is 0 Å². The predicted octanol–water partition coefficient (Wildman–Crippen LogP) is 0.309. The SMILES string of the molecule is CC[C@@]1(O[I-]C)C(=O)OCc2c1cc1n(c2=O)Cc2c-1nc1cc(F)c(C)c3c1c2[C@@H](NC(C)=O)CC3. The van der Waals surface area contributed by atoms with Crippen molar-refractivity contribution in [2.45, 2.75) is 64.8 Å². The van der Waals surface area contributed by atoms with E-state index in [0.717, 1.165) is 22.1 Å². The number of hydrogen-bond donors (Lipinski definition) is 1. The van der Waals surface area contributed by atoms with E-state index in [1.165, 1.54) is 13.0 Å². The number of fused-ring (bicyclic) bond motifs is 5. The summed E-state index contributed by atoms with van der Waals surface area (Å²) in [6.45, 7) is 5.26. The van der Waals surface area contributed by atoms with Gasteiger partial charge in [0.15, 0.2) is 0 Å². The number of ether oxygens (including phenoxy) is 1. The monoisotopic (exact) mass is 618 g/mol. The van der Waals surface area contributed by atoms with Crippen LogP contribution in [0.15, 0.2) is 16.9 Å². The first-order valence-electron chi connectivity index (χ1n) is 12.3. The third kappa shape index (κ3) is 3.34. The Hall–Kier alpha value is -2.86. The molecule has 10 heteroatoms. The molecule has 4 heterocycles. The molecule has 194 valence electrons. The number of aryl methyl sites for hydroxylation is 1. The van der Waals surface area contributed by atoms with Crippen molar-refractivity contribution in [2.75, 3.05) is 4.93 Å². The molecule has 3 aliphatic rings. The Morgan fingerprint density at radius 3 is 2.81 bits per heavy atom. The fourth-order valence-electron chi connectivity index (χ4n) is 6.19. The van der Waals surface area contributed by atoms with Gasteiger partial charge in [0.05, 0.1) is 0 Å². The van der Waals surface area contributed by atoms with Gasteiger partial charge in [-0.05, 0) is 0 Å². The van der Waals surface area contributed by atoms with Gasteiger partial charge >= 0.3 is 224 Å². The second kappa shape index (κ2) is 8.59. The van der Waals surface area contributed by atoms with E-state index < -0.39 is 33.2 Å². The quantitative estimate of drug-likeness (QED) is 0.201. The Balaban J connectivity index is 1.67. The van der Waals surface area contributed by atoms with Crippen LogP contribution in [0.4, 0.5) is 4.39 Å². The first-order chi connectivity index (χ1) is 17.7. The predicted molar refractivity (Wildman–Crippen MR) is 129 cm³/mol. The summed E-state index contributed by atoms with van der Waals surface area (Å²) in [6.07, 6.45) is 1.58. The van der Waals surface area contributed by atoms with Crippen molar-refractivity contribution in [1.82, 2.24) is 14.9 Å². The zero-order chi connectivity index (χ0) is 26.2. The third-order valence-corrected chi connectivity index (χ3v) is 9.12. The number of nitrogens with one attached hydrogen (secondary N) is 1. The summed E-state index contributed by atoms with van der Waals surface area (Å²) in [7, 11) is 0. The molecule has 0 fully saturated rings. The maximum atomic E-state index is 14.9. The molecule has 1 N–H and O–H groups in total. The molecule has 6 rings (SSSR count). The topological polar surface area (TPSA) is 99.5 Å². The number of benzene rings is 1. The molecule has 37 heavy (non-hydrogen) atoms. The average molecular weight is 618 g/mol. The summed E-state index contributed by atoms with van der Waals surface area (Å²) >= 11 is -0.754. The van der Waals surface area contributed by atoms with Crippen LogP contribution in [-0.2, 0) is 42.6 Å². The number of aromatic nitrogens is 2. The van der Waals surface area contributed by atoms with Gasteiger partial charge < -0.3 is 0 Å². The molecule has 1 amide bonds. The Labute approximate surface area is 223 Å². The van der Waals surface area contributed by atoms with Crippen molar-refractivity contribution >= 4 is 22.8 Å². The van der Waals surface area contributed by atoms with E-state index in [-0.39, 0.29) is 36.5 Å². The van der Waals surface area contributed by atoms with Crippen molar-refractivity contribution in [3.8, 4) is 11.4 Å². The van der Waals surface area contributed by atoms with Gasteiger partial charge in [-0.2, -0.15) is 0 Å². The van der Waals surface area contributed by atoms with Gasteiger partial charge in [-0.15, -0.1) is 0 Å². The summed E-state index contributed by atoms with van der Waals surface area (Å²) in [5.41, 5.74) is 4.22. The standard InChI is InChI=1S/C27H26FIN3O5/c1-5-27(37-29-4)17-8-21-24-15(10-32(21)25(34)16(17)11-36-26(27)35)23-19(30-13(3)33)7-6-14-12(2)18(28)9-20(31-24)22(14)23/h8-9,19H,5-7,10-11H2,1-4H3,(H,30,33)/q-1/t19-,27-/m0/s1. The first kappa shape index (κ1) is 24.5. The van der Waals surface area contributed by atoms with Crippen LogP contribution in [0.1, 0.15) is 66.1 Å². The number of carbonyl (C=O) groups is 2. The Bertz CT molecular complexity index is 1600. The van der Waals surface area contributed by atoms with Crippen molar-refractivity contribution in [1.29, 1.82) is 0 Å². The Kier molecular flexibility index (Phi) is 5.68. The number of alkyl halides is 1. The molecule has 8 nitrogen and oxygen atoms in total. The minimum absolute atomic E-state index is 0.109. The summed E-state index contributed by atoms with van der Waals surface area (Å²) in [5, 5.41) is 3.91. The van der Waals surface area contributed by atoms with E-state index in [4.69, 9.17) is 12.8 Å². The molecule has 1 aliphatic carbocycles. The van der Waals surface area contributed by atoms with E-state index in [9.17, 15) is 18.8 Å². The number of hydrogen-bond acceptors (Lipinski definition) is 6. The molecule has 2 atom stereocenters. The number of halogens is 2. The number of nitrogens with zero attached hydrogens (tertiary/aromatic N) is 2. The van der Waals surface area contributed by atoms with Crippen LogP contribution in [0, 0.1) is 12.7 Å². The second-order valence-corrected chi connectivity index (χ2v) is 11.1. The Morgan fingerprint density at radius 2 is 2.11 bits per heavy atom.